The van der Waals surface area contributed by atoms with Gasteiger partial charge >= 0.3 is 0 Å². The molecule has 3 aromatic rings. The van der Waals surface area contributed by atoms with Crippen LogP contribution in [0.2, 0.25) is 0 Å². The number of unbranched alkanes of at least 4 members (excludes halogenated alkanes) is 12. The summed E-state index contributed by atoms with van der Waals surface area (Å²) < 4.78 is 11.8. The minimum absolute atomic E-state index is 0.224. The Hall–Kier alpha value is -3.78. The zero-order chi connectivity index (χ0) is 30.4. The SMILES string of the molecule is CCCCCCCCCCN=Cc1ccc(OCCCCCCCCOc2ccc(-c3ccc(C#N)cc3)cc2)cc1O. The Morgan fingerprint density at radius 2 is 1.16 bits per heavy atom. The Balaban J connectivity index is 1.17. The number of hydrogen-bond acceptors (Lipinski definition) is 5. The van der Waals surface area contributed by atoms with Crippen molar-refractivity contribution < 1.29 is 14.6 Å². The van der Waals surface area contributed by atoms with Gasteiger partial charge in [0.25, 0.3) is 0 Å². The van der Waals surface area contributed by atoms with E-state index in [1.807, 2.05) is 48.5 Å². The number of benzene rings is 3. The Bertz CT molecular complexity index is 1230. The van der Waals surface area contributed by atoms with E-state index in [2.05, 4.69) is 30.1 Å². The van der Waals surface area contributed by atoms with Crippen molar-refractivity contribution in [3.05, 3.63) is 77.9 Å². The van der Waals surface area contributed by atoms with Gasteiger partial charge in [-0.05, 0) is 66.8 Å². The molecule has 5 heteroatoms. The van der Waals surface area contributed by atoms with Crippen LogP contribution in [-0.2, 0) is 0 Å². The van der Waals surface area contributed by atoms with E-state index >= 15 is 0 Å². The first-order valence-corrected chi connectivity index (χ1v) is 16.4. The maximum absolute atomic E-state index is 10.3. The van der Waals surface area contributed by atoms with Crippen LogP contribution in [0, 0.1) is 11.3 Å². The average molecular weight is 583 g/mol. The number of hydrogen-bond donors (Lipinski definition) is 1. The van der Waals surface area contributed by atoms with Crippen LogP contribution in [0.3, 0.4) is 0 Å². The fourth-order valence-corrected chi connectivity index (χ4v) is 4.99. The molecule has 0 aliphatic carbocycles. The van der Waals surface area contributed by atoms with Crippen LogP contribution < -0.4 is 9.47 Å². The van der Waals surface area contributed by atoms with Crippen molar-refractivity contribution in [2.75, 3.05) is 19.8 Å². The number of phenols is 1. The molecule has 1 N–H and O–H groups in total. The standard InChI is InChI=1S/C38H50N2O3/c1-2-3-4-5-6-7-10-13-26-40-31-35-22-25-37(29-38(35)41)43-28-15-12-9-8-11-14-27-42-36-23-20-34(21-24-36)33-18-16-32(30-39)17-19-33/h16-25,29,31,41H,2-15,26-28H2,1H3. The van der Waals surface area contributed by atoms with Gasteiger partial charge in [0.05, 0.1) is 24.8 Å². The third kappa shape index (κ3) is 13.8. The van der Waals surface area contributed by atoms with Gasteiger partial charge in [-0.25, -0.2) is 0 Å². The van der Waals surface area contributed by atoms with Crippen molar-refractivity contribution in [1.29, 1.82) is 5.26 Å². The van der Waals surface area contributed by atoms with Gasteiger partial charge in [0.15, 0.2) is 0 Å². The molecule has 0 amide bonds. The summed E-state index contributed by atoms with van der Waals surface area (Å²) in [5.41, 5.74) is 3.63. The number of phenolic OH excluding ortho intramolecular Hbond substituents is 1. The van der Waals surface area contributed by atoms with Gasteiger partial charge < -0.3 is 14.6 Å². The van der Waals surface area contributed by atoms with Crippen molar-refractivity contribution >= 4 is 6.21 Å². The first-order valence-electron chi connectivity index (χ1n) is 16.4. The van der Waals surface area contributed by atoms with Crippen molar-refractivity contribution in [2.45, 2.75) is 96.8 Å². The number of nitrogens with zero attached hydrogens (tertiary/aromatic N) is 2. The van der Waals surface area contributed by atoms with Crippen LogP contribution in [0.5, 0.6) is 17.2 Å². The van der Waals surface area contributed by atoms with E-state index in [9.17, 15) is 5.11 Å². The molecule has 0 saturated carbocycles. The third-order valence-corrected chi connectivity index (χ3v) is 7.65. The van der Waals surface area contributed by atoms with Gasteiger partial charge in [-0.3, -0.25) is 4.99 Å². The zero-order valence-corrected chi connectivity index (χ0v) is 26.1. The van der Waals surface area contributed by atoms with E-state index in [-0.39, 0.29) is 5.75 Å². The molecule has 0 aromatic heterocycles. The second-order valence-corrected chi connectivity index (χ2v) is 11.3. The highest BCUT2D eigenvalue weighted by Crippen LogP contribution is 2.24. The summed E-state index contributed by atoms with van der Waals surface area (Å²) in [7, 11) is 0. The minimum atomic E-state index is 0.224. The van der Waals surface area contributed by atoms with E-state index in [1.165, 1.54) is 57.8 Å². The Kier molecular flexibility index (Phi) is 16.5. The number of aromatic hydroxyl groups is 1. The molecule has 0 saturated heterocycles. The number of ether oxygens (including phenoxy) is 2. The van der Waals surface area contributed by atoms with Crippen molar-refractivity contribution in [1.82, 2.24) is 0 Å². The summed E-state index contributed by atoms with van der Waals surface area (Å²) in [4.78, 5) is 4.49. The molecule has 0 atom stereocenters. The topological polar surface area (TPSA) is 74.8 Å². The number of nitriles is 1. The van der Waals surface area contributed by atoms with Crippen molar-refractivity contribution in [3.63, 3.8) is 0 Å². The predicted octanol–water partition coefficient (Wildman–Crippen LogP) is 10.3. The summed E-state index contributed by atoms with van der Waals surface area (Å²) in [5.74, 6) is 1.82. The molecule has 0 unspecified atom stereocenters. The third-order valence-electron chi connectivity index (χ3n) is 7.65. The Labute approximate surface area is 259 Å². The summed E-state index contributed by atoms with van der Waals surface area (Å²) >= 11 is 0. The first-order chi connectivity index (χ1) is 21.2. The number of aliphatic imine (C=N–C) groups is 1. The molecule has 0 fully saturated rings. The smallest absolute Gasteiger partial charge is 0.128 e. The lowest BCUT2D eigenvalue weighted by Gasteiger charge is -2.09. The largest absolute Gasteiger partial charge is 0.507 e. The van der Waals surface area contributed by atoms with Gasteiger partial charge in [-0.1, -0.05) is 102 Å². The molecule has 3 rings (SSSR count). The molecule has 43 heavy (non-hydrogen) atoms. The molecule has 230 valence electrons. The quantitative estimate of drug-likeness (QED) is 0.0944. The molecule has 0 bridgehead atoms. The normalized spacial score (nSPS) is 11.1. The van der Waals surface area contributed by atoms with Gasteiger partial charge in [-0.2, -0.15) is 5.26 Å². The van der Waals surface area contributed by atoms with Crippen LogP contribution in [0.25, 0.3) is 11.1 Å². The van der Waals surface area contributed by atoms with Crippen LogP contribution in [-0.4, -0.2) is 31.1 Å². The molecule has 3 aromatic carbocycles. The second kappa shape index (κ2) is 21.0. The number of rotatable bonds is 22. The fourth-order valence-electron chi connectivity index (χ4n) is 4.99. The zero-order valence-electron chi connectivity index (χ0n) is 26.1. The Morgan fingerprint density at radius 1 is 0.651 bits per heavy atom. The molecular formula is C38H50N2O3. The van der Waals surface area contributed by atoms with Gasteiger partial charge in [0, 0.05) is 24.4 Å². The molecule has 5 nitrogen and oxygen atoms in total. The van der Waals surface area contributed by atoms with E-state index < -0.39 is 0 Å². The summed E-state index contributed by atoms with van der Waals surface area (Å²) in [6.45, 7) is 4.45. The molecule has 0 aliphatic heterocycles. The highest BCUT2D eigenvalue weighted by atomic mass is 16.5. The van der Waals surface area contributed by atoms with Gasteiger partial charge in [0.1, 0.15) is 17.2 Å². The molecule has 0 spiro atoms. The van der Waals surface area contributed by atoms with Crippen LogP contribution in [0.1, 0.15) is 108 Å². The van der Waals surface area contributed by atoms with E-state index in [0.29, 0.717) is 17.9 Å². The molecule has 0 heterocycles. The lowest BCUT2D eigenvalue weighted by molar-refractivity contribution is 0.296. The maximum Gasteiger partial charge on any atom is 0.128 e. The monoisotopic (exact) mass is 582 g/mol. The summed E-state index contributed by atoms with van der Waals surface area (Å²) in [6.07, 6.45) is 18.8. The van der Waals surface area contributed by atoms with Crippen LogP contribution in [0.15, 0.2) is 71.7 Å². The van der Waals surface area contributed by atoms with Crippen LogP contribution in [0.4, 0.5) is 0 Å². The molecule has 0 radical (unpaired) electrons. The molecular weight excluding hydrogens is 532 g/mol. The summed E-state index contributed by atoms with van der Waals surface area (Å²) in [6, 6.07) is 23.4. The molecule has 0 aliphatic rings. The van der Waals surface area contributed by atoms with Crippen LogP contribution >= 0.6 is 0 Å². The fraction of sp³-hybridized carbons (Fsp3) is 0.474. The average Bonchev–Trinajstić information content (AvgIpc) is 3.04. The maximum atomic E-state index is 10.3. The van der Waals surface area contributed by atoms with Crippen molar-refractivity contribution in [3.8, 4) is 34.4 Å². The summed E-state index contributed by atoms with van der Waals surface area (Å²) in [5, 5.41) is 19.3. The van der Waals surface area contributed by atoms with Gasteiger partial charge in [0.2, 0.25) is 0 Å². The Morgan fingerprint density at radius 3 is 1.74 bits per heavy atom. The first kappa shape index (κ1) is 33.7. The highest BCUT2D eigenvalue weighted by Gasteiger charge is 2.03. The lowest BCUT2D eigenvalue weighted by atomic mass is 10.0. The van der Waals surface area contributed by atoms with E-state index in [1.54, 1.807) is 12.3 Å². The lowest BCUT2D eigenvalue weighted by Crippen LogP contribution is -1.99. The van der Waals surface area contributed by atoms with E-state index in [4.69, 9.17) is 14.7 Å². The highest BCUT2D eigenvalue weighted by molar-refractivity contribution is 5.83. The minimum Gasteiger partial charge on any atom is -0.507 e. The van der Waals surface area contributed by atoms with E-state index in [0.717, 1.165) is 67.7 Å². The van der Waals surface area contributed by atoms with Gasteiger partial charge in [-0.15, -0.1) is 0 Å². The second-order valence-electron chi connectivity index (χ2n) is 11.3. The van der Waals surface area contributed by atoms with Crippen molar-refractivity contribution in [2.24, 2.45) is 4.99 Å². The predicted molar refractivity (Wildman–Crippen MR) is 178 cm³/mol.